The van der Waals surface area contributed by atoms with Crippen LogP contribution in [0.4, 0.5) is 4.39 Å². The molecule has 1 unspecified atom stereocenters. The van der Waals surface area contributed by atoms with Crippen molar-refractivity contribution in [1.29, 1.82) is 0 Å². The Morgan fingerprint density at radius 1 is 1.59 bits per heavy atom. The molecule has 3 N–H and O–H groups in total. The average molecular weight is 238 g/mol. The molecule has 0 bridgehead atoms. The second-order valence-corrected chi connectivity index (χ2v) is 4.23. The van der Waals surface area contributed by atoms with Gasteiger partial charge in [0.05, 0.1) is 5.56 Å². The Bertz CT molecular complexity index is 417. The molecule has 0 spiro atoms. The van der Waals surface area contributed by atoms with Crippen LogP contribution in [0.1, 0.15) is 16.8 Å². The van der Waals surface area contributed by atoms with Gasteiger partial charge in [0.1, 0.15) is 11.6 Å². The summed E-state index contributed by atoms with van der Waals surface area (Å²) in [5.74, 6) is -0.903. The van der Waals surface area contributed by atoms with Gasteiger partial charge in [0.25, 0.3) is 5.91 Å². The molecule has 1 amide bonds. The van der Waals surface area contributed by atoms with Crippen LogP contribution in [0.15, 0.2) is 18.2 Å². The first kappa shape index (κ1) is 11.9. The van der Waals surface area contributed by atoms with Crippen molar-refractivity contribution in [3.8, 4) is 5.75 Å². The van der Waals surface area contributed by atoms with Crippen LogP contribution in [0.2, 0.25) is 0 Å². The van der Waals surface area contributed by atoms with Crippen molar-refractivity contribution < 1.29 is 14.3 Å². The quantitative estimate of drug-likeness (QED) is 0.732. The number of hydrogen-bond acceptors (Lipinski definition) is 3. The number of carbonyl (C=O) groups is 1. The Labute approximate surface area is 98.8 Å². The minimum Gasteiger partial charge on any atom is -0.508 e. The molecule has 4 nitrogen and oxygen atoms in total. The number of carbonyl (C=O) groups excluding carboxylic acids is 1. The van der Waals surface area contributed by atoms with Crippen LogP contribution < -0.4 is 10.6 Å². The fourth-order valence-corrected chi connectivity index (χ4v) is 1.91. The van der Waals surface area contributed by atoms with Gasteiger partial charge in [-0.15, -0.1) is 0 Å². The van der Waals surface area contributed by atoms with Crippen LogP contribution in [0.3, 0.4) is 0 Å². The van der Waals surface area contributed by atoms with Gasteiger partial charge >= 0.3 is 0 Å². The molecule has 0 aliphatic carbocycles. The topological polar surface area (TPSA) is 61.4 Å². The minimum absolute atomic E-state index is 0.0336. The average Bonchev–Trinajstić information content (AvgIpc) is 2.78. The molecule has 0 radical (unpaired) electrons. The molecule has 0 aromatic heterocycles. The summed E-state index contributed by atoms with van der Waals surface area (Å²) in [5, 5.41) is 14.9. The van der Waals surface area contributed by atoms with Crippen molar-refractivity contribution in [2.45, 2.75) is 6.42 Å². The highest BCUT2D eigenvalue weighted by molar-refractivity contribution is 5.94. The summed E-state index contributed by atoms with van der Waals surface area (Å²) in [4.78, 5) is 11.7. The third kappa shape index (κ3) is 2.94. The first-order chi connectivity index (χ1) is 8.16. The first-order valence-electron chi connectivity index (χ1n) is 5.64. The zero-order valence-electron chi connectivity index (χ0n) is 9.37. The zero-order valence-corrected chi connectivity index (χ0v) is 9.37. The molecular formula is C12H15FN2O2. The van der Waals surface area contributed by atoms with E-state index in [-0.39, 0.29) is 11.3 Å². The molecule has 1 fully saturated rings. The van der Waals surface area contributed by atoms with Crippen LogP contribution in [-0.4, -0.2) is 30.6 Å². The van der Waals surface area contributed by atoms with Crippen molar-refractivity contribution in [2.75, 3.05) is 19.6 Å². The number of hydrogen-bond donors (Lipinski definition) is 3. The fraction of sp³-hybridized carbons (Fsp3) is 0.417. The number of benzene rings is 1. The summed E-state index contributed by atoms with van der Waals surface area (Å²) in [6.45, 7) is 2.40. The van der Waals surface area contributed by atoms with Crippen LogP contribution >= 0.6 is 0 Å². The summed E-state index contributed by atoms with van der Waals surface area (Å²) < 4.78 is 13.4. The highest BCUT2D eigenvalue weighted by Crippen LogP contribution is 2.15. The lowest BCUT2D eigenvalue weighted by Gasteiger charge is -2.10. The molecule has 1 aliphatic rings. The Morgan fingerprint density at radius 2 is 2.41 bits per heavy atom. The highest BCUT2D eigenvalue weighted by Gasteiger charge is 2.17. The molecule has 92 valence electrons. The molecule has 0 saturated carbocycles. The maximum absolute atomic E-state index is 13.4. The molecule has 2 rings (SSSR count). The van der Waals surface area contributed by atoms with Crippen molar-refractivity contribution in [2.24, 2.45) is 5.92 Å². The van der Waals surface area contributed by atoms with Gasteiger partial charge in [0, 0.05) is 12.6 Å². The lowest BCUT2D eigenvalue weighted by Crippen LogP contribution is -2.30. The fourth-order valence-electron chi connectivity index (χ4n) is 1.91. The van der Waals surface area contributed by atoms with E-state index >= 15 is 0 Å². The predicted molar refractivity (Wildman–Crippen MR) is 61.4 cm³/mol. The Hall–Kier alpha value is -1.62. The summed E-state index contributed by atoms with van der Waals surface area (Å²) in [7, 11) is 0. The largest absolute Gasteiger partial charge is 0.508 e. The third-order valence-corrected chi connectivity index (χ3v) is 2.91. The number of halogens is 1. The lowest BCUT2D eigenvalue weighted by molar-refractivity contribution is 0.0944. The summed E-state index contributed by atoms with van der Waals surface area (Å²) in [6, 6.07) is 3.52. The van der Waals surface area contributed by atoms with Gasteiger partial charge in [0.2, 0.25) is 0 Å². The van der Waals surface area contributed by atoms with E-state index < -0.39 is 11.7 Å². The number of rotatable bonds is 3. The molecule has 1 saturated heterocycles. The normalized spacial score (nSPS) is 19.2. The molecular weight excluding hydrogens is 223 g/mol. The molecule has 1 aromatic rings. The second kappa shape index (κ2) is 5.14. The van der Waals surface area contributed by atoms with Crippen molar-refractivity contribution >= 4 is 5.91 Å². The SMILES string of the molecule is O=C(NCC1CCNC1)c1ccc(O)cc1F. The van der Waals surface area contributed by atoms with Gasteiger partial charge in [0.15, 0.2) is 0 Å². The standard InChI is InChI=1S/C12H15FN2O2/c13-11-5-9(16)1-2-10(11)12(17)15-7-8-3-4-14-6-8/h1-2,5,8,14,16H,3-4,6-7H2,(H,15,17). The molecule has 1 heterocycles. The van der Waals surface area contributed by atoms with Crippen molar-refractivity contribution in [3.05, 3.63) is 29.6 Å². The van der Waals surface area contributed by atoms with Gasteiger partial charge in [-0.1, -0.05) is 0 Å². The summed E-state index contributed by atoms with van der Waals surface area (Å²) >= 11 is 0. The molecule has 1 aromatic carbocycles. The van der Waals surface area contributed by atoms with E-state index in [4.69, 9.17) is 5.11 Å². The van der Waals surface area contributed by atoms with E-state index in [0.717, 1.165) is 25.6 Å². The van der Waals surface area contributed by atoms with Gasteiger partial charge in [-0.3, -0.25) is 4.79 Å². The monoisotopic (exact) mass is 238 g/mol. The van der Waals surface area contributed by atoms with E-state index in [2.05, 4.69) is 10.6 Å². The first-order valence-corrected chi connectivity index (χ1v) is 5.64. The van der Waals surface area contributed by atoms with Crippen LogP contribution in [0.25, 0.3) is 0 Å². The van der Waals surface area contributed by atoms with Gasteiger partial charge in [-0.2, -0.15) is 0 Å². The van der Waals surface area contributed by atoms with Crippen molar-refractivity contribution in [1.82, 2.24) is 10.6 Å². The number of nitrogens with one attached hydrogen (secondary N) is 2. The Kier molecular flexibility index (Phi) is 3.58. The van der Waals surface area contributed by atoms with Crippen LogP contribution in [0.5, 0.6) is 5.75 Å². The van der Waals surface area contributed by atoms with Gasteiger partial charge < -0.3 is 15.7 Å². The van der Waals surface area contributed by atoms with Crippen molar-refractivity contribution in [3.63, 3.8) is 0 Å². The number of phenolic OH excluding ortho intramolecular Hbond substituents is 1. The minimum atomic E-state index is -0.702. The Morgan fingerprint density at radius 3 is 3.06 bits per heavy atom. The number of amides is 1. The van der Waals surface area contributed by atoms with Crippen LogP contribution in [-0.2, 0) is 0 Å². The maximum Gasteiger partial charge on any atom is 0.254 e. The molecule has 1 atom stereocenters. The van der Waals surface area contributed by atoms with E-state index in [1.165, 1.54) is 12.1 Å². The predicted octanol–water partition coefficient (Wildman–Crippen LogP) is 0.871. The second-order valence-electron chi connectivity index (χ2n) is 4.23. The van der Waals surface area contributed by atoms with Gasteiger partial charge in [-0.05, 0) is 37.6 Å². The highest BCUT2D eigenvalue weighted by atomic mass is 19.1. The molecule has 1 aliphatic heterocycles. The number of phenols is 1. The van der Waals surface area contributed by atoms with E-state index in [9.17, 15) is 9.18 Å². The maximum atomic E-state index is 13.4. The van der Waals surface area contributed by atoms with Gasteiger partial charge in [-0.25, -0.2) is 4.39 Å². The van der Waals surface area contributed by atoms with E-state index in [1.807, 2.05) is 0 Å². The molecule has 5 heteroatoms. The number of aromatic hydroxyl groups is 1. The summed E-state index contributed by atoms with van der Waals surface area (Å²) in [5.41, 5.74) is -0.0336. The Balaban J connectivity index is 1.94. The lowest BCUT2D eigenvalue weighted by atomic mass is 10.1. The van der Waals surface area contributed by atoms with Crippen LogP contribution in [0, 0.1) is 11.7 Å². The summed E-state index contributed by atoms with van der Waals surface area (Å²) in [6.07, 6.45) is 1.03. The zero-order chi connectivity index (χ0) is 12.3. The van der Waals surface area contributed by atoms with E-state index in [1.54, 1.807) is 0 Å². The third-order valence-electron chi connectivity index (χ3n) is 2.91. The van der Waals surface area contributed by atoms with E-state index in [0.29, 0.717) is 12.5 Å². The molecule has 17 heavy (non-hydrogen) atoms. The smallest absolute Gasteiger partial charge is 0.254 e.